The monoisotopic (exact) mass is 327 g/mol. The molecular weight excluding hydrogens is 313 g/mol. The predicted molar refractivity (Wildman–Crippen MR) is 82.5 cm³/mol. The Morgan fingerprint density at radius 1 is 1.38 bits per heavy atom. The highest BCUT2D eigenvalue weighted by atomic mass is 35.5. The molecule has 0 aromatic heterocycles. The molecule has 7 heteroatoms. The van der Waals surface area contributed by atoms with Crippen molar-refractivity contribution in [3.63, 3.8) is 0 Å². The van der Waals surface area contributed by atoms with Crippen LogP contribution in [0.5, 0.6) is 5.75 Å². The fourth-order valence-corrected chi connectivity index (χ4v) is 3.21. The fourth-order valence-electron chi connectivity index (χ4n) is 3.03. The molecule has 3 aliphatic heterocycles. The molecule has 2 N–H and O–H groups in total. The van der Waals surface area contributed by atoms with Crippen LogP contribution in [0.3, 0.4) is 0 Å². The Balaban J connectivity index is 0.00000132. The second-order valence-corrected chi connectivity index (χ2v) is 5.75. The number of nitrogens with one attached hydrogen (secondary N) is 2. The van der Waals surface area contributed by atoms with Crippen molar-refractivity contribution in [1.82, 2.24) is 10.6 Å². The van der Waals surface area contributed by atoms with Crippen molar-refractivity contribution >= 4 is 35.8 Å². The van der Waals surface area contributed by atoms with E-state index in [1.54, 1.807) is 12.1 Å². The van der Waals surface area contributed by atoms with Crippen molar-refractivity contribution in [3.8, 4) is 5.75 Å². The molecule has 0 aliphatic carbocycles. The Bertz CT molecular complexity index is 614. The van der Waals surface area contributed by atoms with E-state index in [1.807, 2.05) is 6.07 Å². The molecule has 3 heterocycles. The quantitative estimate of drug-likeness (QED) is 0.827. The average Bonchev–Trinajstić information content (AvgIpc) is 3.06. The molecule has 1 aromatic rings. The summed E-state index contributed by atoms with van der Waals surface area (Å²) in [5.74, 6) is 1.30. The summed E-state index contributed by atoms with van der Waals surface area (Å²) in [7, 11) is 0. The summed E-state index contributed by atoms with van der Waals surface area (Å²) in [5, 5.41) is 6.85. The Kier molecular flexibility index (Phi) is 3.82. The highest BCUT2D eigenvalue weighted by molar-refractivity contribution is 6.30. The summed E-state index contributed by atoms with van der Waals surface area (Å²) in [4.78, 5) is 16.9. The molecular formula is C14H15Cl2N3O2. The number of hydrogen-bond donors (Lipinski definition) is 2. The molecule has 3 aliphatic rings. The number of ether oxygens (including phenoxy) is 1. The maximum atomic E-state index is 12.2. The number of benzene rings is 1. The fraction of sp³-hybridized carbons (Fsp3) is 0.429. The third kappa shape index (κ3) is 2.39. The Labute approximate surface area is 133 Å². The Morgan fingerprint density at radius 3 is 3.00 bits per heavy atom. The zero-order valence-corrected chi connectivity index (χ0v) is 12.7. The van der Waals surface area contributed by atoms with Gasteiger partial charge in [-0.3, -0.25) is 9.79 Å². The average molecular weight is 328 g/mol. The summed E-state index contributed by atoms with van der Waals surface area (Å²) < 4.78 is 5.69. The van der Waals surface area contributed by atoms with E-state index in [-0.39, 0.29) is 30.4 Å². The van der Waals surface area contributed by atoms with Crippen LogP contribution in [0.2, 0.25) is 5.02 Å². The van der Waals surface area contributed by atoms with E-state index in [4.69, 9.17) is 21.3 Å². The number of carbonyl (C=O) groups excluding carboxylic acids is 1. The van der Waals surface area contributed by atoms with Crippen LogP contribution in [0.15, 0.2) is 23.2 Å². The van der Waals surface area contributed by atoms with E-state index < -0.39 is 6.10 Å². The van der Waals surface area contributed by atoms with Crippen molar-refractivity contribution < 1.29 is 9.53 Å². The van der Waals surface area contributed by atoms with Crippen LogP contribution in [0.4, 0.5) is 0 Å². The third-order valence-corrected chi connectivity index (χ3v) is 4.24. The lowest BCUT2D eigenvalue weighted by Crippen LogP contribution is -2.52. The van der Waals surface area contributed by atoms with Gasteiger partial charge in [-0.25, -0.2) is 0 Å². The summed E-state index contributed by atoms with van der Waals surface area (Å²) >= 11 is 6.04. The Hall–Kier alpha value is -1.30. The van der Waals surface area contributed by atoms with Gasteiger partial charge < -0.3 is 15.4 Å². The second-order valence-electron chi connectivity index (χ2n) is 5.32. The molecule has 1 saturated heterocycles. The maximum absolute atomic E-state index is 12.2. The van der Waals surface area contributed by atoms with Crippen LogP contribution < -0.4 is 15.4 Å². The molecule has 21 heavy (non-hydrogen) atoms. The van der Waals surface area contributed by atoms with E-state index in [0.29, 0.717) is 10.8 Å². The lowest BCUT2D eigenvalue weighted by molar-refractivity contribution is -0.127. The lowest BCUT2D eigenvalue weighted by atomic mass is 10.0. The van der Waals surface area contributed by atoms with Gasteiger partial charge in [0.25, 0.3) is 5.91 Å². The first-order valence-corrected chi connectivity index (χ1v) is 7.18. The van der Waals surface area contributed by atoms with E-state index in [9.17, 15) is 4.79 Å². The number of hydrogen-bond acceptors (Lipinski definition) is 4. The van der Waals surface area contributed by atoms with Gasteiger partial charge >= 0.3 is 0 Å². The lowest BCUT2D eigenvalue weighted by Gasteiger charge is -2.25. The normalized spacial score (nSPS) is 29.7. The molecule has 4 rings (SSSR count). The first-order valence-electron chi connectivity index (χ1n) is 6.80. The minimum Gasteiger partial charge on any atom is -0.478 e. The van der Waals surface area contributed by atoms with Crippen LogP contribution in [0.25, 0.3) is 0 Å². The summed E-state index contributed by atoms with van der Waals surface area (Å²) in [6.07, 6.45) is 1.53. The SMILES string of the molecule is Cl.O=C1NC(C2CCCN2)=NC2c3cc(Cl)ccc3OC12. The highest BCUT2D eigenvalue weighted by Gasteiger charge is 2.44. The number of amidine groups is 1. The molecule has 1 amide bonds. The standard InChI is InChI=1S/C14H14ClN3O2.ClH/c15-7-3-4-10-8(6-7)11-12(20-10)14(19)18-13(17-11)9-2-1-5-16-9;/h3-4,6,9,11-12,16H,1-2,5H2,(H,17,18,19);1H. The van der Waals surface area contributed by atoms with Gasteiger partial charge in [0.1, 0.15) is 17.6 Å². The van der Waals surface area contributed by atoms with Crippen LogP contribution in [-0.2, 0) is 4.79 Å². The van der Waals surface area contributed by atoms with Gasteiger partial charge in [0.2, 0.25) is 6.10 Å². The molecule has 5 nitrogen and oxygen atoms in total. The van der Waals surface area contributed by atoms with Gasteiger partial charge in [-0.15, -0.1) is 12.4 Å². The van der Waals surface area contributed by atoms with Crippen molar-refractivity contribution in [1.29, 1.82) is 0 Å². The first-order chi connectivity index (χ1) is 9.72. The van der Waals surface area contributed by atoms with Gasteiger partial charge in [0, 0.05) is 10.6 Å². The predicted octanol–water partition coefficient (Wildman–Crippen LogP) is 1.84. The number of carbonyl (C=O) groups is 1. The number of rotatable bonds is 1. The van der Waals surface area contributed by atoms with E-state index in [2.05, 4.69) is 10.6 Å². The van der Waals surface area contributed by atoms with E-state index in [0.717, 1.165) is 30.8 Å². The number of aliphatic imine (C=N–C) groups is 1. The van der Waals surface area contributed by atoms with E-state index in [1.165, 1.54) is 0 Å². The molecule has 1 aromatic carbocycles. The molecule has 0 saturated carbocycles. The van der Waals surface area contributed by atoms with Crippen molar-refractivity contribution in [2.45, 2.75) is 31.0 Å². The number of halogens is 2. The minimum absolute atomic E-state index is 0. The summed E-state index contributed by atoms with van der Waals surface area (Å²) in [6, 6.07) is 5.26. The zero-order chi connectivity index (χ0) is 13.7. The first kappa shape index (κ1) is 14.6. The smallest absolute Gasteiger partial charge is 0.269 e. The van der Waals surface area contributed by atoms with Crippen molar-refractivity contribution in [2.75, 3.05) is 6.54 Å². The maximum Gasteiger partial charge on any atom is 0.269 e. The summed E-state index contributed by atoms with van der Waals surface area (Å²) in [5.41, 5.74) is 0.896. The molecule has 112 valence electrons. The van der Waals surface area contributed by atoms with Crippen molar-refractivity contribution in [2.24, 2.45) is 4.99 Å². The van der Waals surface area contributed by atoms with Crippen molar-refractivity contribution in [3.05, 3.63) is 28.8 Å². The molecule has 3 unspecified atom stereocenters. The number of fused-ring (bicyclic) bond motifs is 3. The number of nitrogens with zero attached hydrogens (tertiary/aromatic N) is 1. The van der Waals surface area contributed by atoms with Crippen LogP contribution in [-0.4, -0.2) is 30.4 Å². The molecule has 0 spiro atoms. The van der Waals surface area contributed by atoms with Gasteiger partial charge in [0.15, 0.2) is 0 Å². The van der Waals surface area contributed by atoms with Gasteiger partial charge in [-0.05, 0) is 37.6 Å². The summed E-state index contributed by atoms with van der Waals surface area (Å²) in [6.45, 7) is 0.965. The molecule has 3 atom stereocenters. The molecule has 0 bridgehead atoms. The largest absolute Gasteiger partial charge is 0.478 e. The molecule has 1 fully saturated rings. The van der Waals surface area contributed by atoms with Gasteiger partial charge in [-0.2, -0.15) is 0 Å². The molecule has 0 radical (unpaired) electrons. The van der Waals surface area contributed by atoms with Crippen LogP contribution in [0, 0.1) is 0 Å². The van der Waals surface area contributed by atoms with Crippen LogP contribution in [0.1, 0.15) is 24.4 Å². The van der Waals surface area contributed by atoms with Gasteiger partial charge in [0.05, 0.1) is 6.04 Å². The Morgan fingerprint density at radius 2 is 2.24 bits per heavy atom. The minimum atomic E-state index is -0.575. The van der Waals surface area contributed by atoms with Crippen LogP contribution >= 0.6 is 24.0 Å². The number of amides is 1. The second kappa shape index (κ2) is 5.48. The van der Waals surface area contributed by atoms with Gasteiger partial charge in [-0.1, -0.05) is 11.6 Å². The zero-order valence-electron chi connectivity index (χ0n) is 11.1. The highest BCUT2D eigenvalue weighted by Crippen LogP contribution is 2.42. The third-order valence-electron chi connectivity index (χ3n) is 4.01. The topological polar surface area (TPSA) is 62.7 Å². The van der Waals surface area contributed by atoms with E-state index >= 15 is 0 Å².